The highest BCUT2D eigenvalue weighted by Gasteiger charge is 2.17. The number of methoxy groups -OCH3 is 2. The van der Waals surface area contributed by atoms with Crippen LogP contribution in [0.3, 0.4) is 0 Å². The summed E-state index contributed by atoms with van der Waals surface area (Å²) in [5.41, 5.74) is 3.21. The van der Waals surface area contributed by atoms with Gasteiger partial charge in [0.1, 0.15) is 9.84 Å². The number of hydrogen-bond acceptors (Lipinski definition) is 6. The van der Waals surface area contributed by atoms with Gasteiger partial charge in [0, 0.05) is 6.26 Å². The predicted octanol–water partition coefficient (Wildman–Crippen LogP) is 0.253. The second-order valence-electron chi connectivity index (χ2n) is 3.93. The van der Waals surface area contributed by atoms with E-state index in [4.69, 9.17) is 15.3 Å². The van der Waals surface area contributed by atoms with Crippen molar-refractivity contribution in [2.45, 2.75) is 6.04 Å². The Balaban J connectivity index is 3.07. The van der Waals surface area contributed by atoms with Gasteiger partial charge in [0.2, 0.25) is 0 Å². The van der Waals surface area contributed by atoms with Crippen molar-refractivity contribution in [2.24, 2.45) is 5.84 Å². The van der Waals surface area contributed by atoms with Crippen LogP contribution in [-0.4, -0.2) is 34.6 Å². The lowest BCUT2D eigenvalue weighted by molar-refractivity contribution is 0.354. The fourth-order valence-corrected chi connectivity index (χ4v) is 2.51. The zero-order valence-corrected chi connectivity index (χ0v) is 11.5. The maximum atomic E-state index is 11.3. The Kier molecular flexibility index (Phi) is 4.94. The lowest BCUT2D eigenvalue weighted by atomic mass is 10.1. The second kappa shape index (κ2) is 6.03. The highest BCUT2D eigenvalue weighted by molar-refractivity contribution is 7.90. The molecular formula is C11H18N2O4S. The van der Waals surface area contributed by atoms with Gasteiger partial charge in [-0.15, -0.1) is 0 Å². The van der Waals surface area contributed by atoms with E-state index >= 15 is 0 Å². The molecule has 0 aliphatic carbocycles. The Morgan fingerprint density at radius 3 is 2.33 bits per heavy atom. The van der Waals surface area contributed by atoms with Gasteiger partial charge < -0.3 is 9.47 Å². The molecular weight excluding hydrogens is 256 g/mol. The van der Waals surface area contributed by atoms with E-state index in [1.54, 1.807) is 18.2 Å². The number of rotatable bonds is 6. The molecule has 0 radical (unpaired) electrons. The van der Waals surface area contributed by atoms with Crippen molar-refractivity contribution in [2.75, 3.05) is 26.2 Å². The molecule has 6 nitrogen and oxygen atoms in total. The van der Waals surface area contributed by atoms with Crippen LogP contribution in [0.25, 0.3) is 0 Å². The molecule has 0 aliphatic heterocycles. The monoisotopic (exact) mass is 274 g/mol. The summed E-state index contributed by atoms with van der Waals surface area (Å²) >= 11 is 0. The van der Waals surface area contributed by atoms with Crippen LogP contribution in [0.5, 0.6) is 11.5 Å². The minimum Gasteiger partial charge on any atom is -0.493 e. The number of hydrogen-bond donors (Lipinski definition) is 2. The van der Waals surface area contributed by atoms with E-state index in [0.717, 1.165) is 11.8 Å². The third-order valence-electron chi connectivity index (χ3n) is 2.48. The highest BCUT2D eigenvalue weighted by Crippen LogP contribution is 2.30. The van der Waals surface area contributed by atoms with Crippen LogP contribution in [0, 0.1) is 0 Å². The van der Waals surface area contributed by atoms with E-state index < -0.39 is 15.9 Å². The van der Waals surface area contributed by atoms with Crippen LogP contribution in [0.2, 0.25) is 0 Å². The van der Waals surface area contributed by atoms with Gasteiger partial charge in [0.05, 0.1) is 26.0 Å². The predicted molar refractivity (Wildman–Crippen MR) is 69.3 cm³/mol. The number of nitrogens with two attached hydrogens (primary N) is 1. The molecule has 0 fully saturated rings. The molecule has 3 N–H and O–H groups in total. The number of sulfone groups is 1. The van der Waals surface area contributed by atoms with Crippen molar-refractivity contribution in [1.82, 2.24) is 5.43 Å². The highest BCUT2D eigenvalue weighted by atomic mass is 32.2. The van der Waals surface area contributed by atoms with Crippen molar-refractivity contribution < 1.29 is 17.9 Å². The van der Waals surface area contributed by atoms with Gasteiger partial charge in [0.15, 0.2) is 11.5 Å². The van der Waals surface area contributed by atoms with E-state index in [9.17, 15) is 8.42 Å². The van der Waals surface area contributed by atoms with Crippen molar-refractivity contribution in [3.8, 4) is 11.5 Å². The topological polar surface area (TPSA) is 90.7 Å². The first-order valence-electron chi connectivity index (χ1n) is 5.27. The minimum absolute atomic E-state index is 0.0843. The molecule has 0 aliphatic rings. The molecule has 0 spiro atoms. The summed E-state index contributed by atoms with van der Waals surface area (Å²) in [6.45, 7) is 0. The lowest BCUT2D eigenvalue weighted by Gasteiger charge is -2.17. The van der Waals surface area contributed by atoms with Crippen LogP contribution < -0.4 is 20.7 Å². The molecule has 1 atom stereocenters. The molecule has 0 saturated carbocycles. The lowest BCUT2D eigenvalue weighted by Crippen LogP contribution is -2.33. The van der Waals surface area contributed by atoms with Gasteiger partial charge in [-0.1, -0.05) is 6.07 Å². The maximum absolute atomic E-state index is 11.3. The number of ether oxygens (including phenoxy) is 2. The molecule has 102 valence electrons. The summed E-state index contributed by atoms with van der Waals surface area (Å²) in [5, 5.41) is 0. The Morgan fingerprint density at radius 2 is 1.89 bits per heavy atom. The third kappa shape index (κ3) is 3.86. The van der Waals surface area contributed by atoms with E-state index in [-0.39, 0.29) is 5.75 Å². The Hall–Kier alpha value is -1.31. The number of benzene rings is 1. The molecule has 1 unspecified atom stereocenters. The molecule has 7 heteroatoms. The summed E-state index contributed by atoms with van der Waals surface area (Å²) in [5.74, 6) is 6.41. The number of hydrazine groups is 1. The van der Waals surface area contributed by atoms with Gasteiger partial charge in [0.25, 0.3) is 0 Å². The zero-order valence-electron chi connectivity index (χ0n) is 10.6. The van der Waals surface area contributed by atoms with Crippen molar-refractivity contribution >= 4 is 9.84 Å². The average Bonchev–Trinajstić information content (AvgIpc) is 2.34. The van der Waals surface area contributed by atoms with Crippen molar-refractivity contribution in [3.63, 3.8) is 0 Å². The minimum atomic E-state index is -3.13. The summed E-state index contributed by atoms with van der Waals surface area (Å²) in [6, 6.07) is 4.67. The molecule has 1 rings (SSSR count). The van der Waals surface area contributed by atoms with Crippen LogP contribution in [-0.2, 0) is 9.84 Å². The van der Waals surface area contributed by atoms with Gasteiger partial charge in [-0.2, -0.15) is 0 Å². The molecule has 1 aromatic carbocycles. The molecule has 0 bridgehead atoms. The first-order chi connectivity index (χ1) is 8.41. The second-order valence-corrected chi connectivity index (χ2v) is 6.11. The normalized spacial score (nSPS) is 13.1. The zero-order chi connectivity index (χ0) is 13.8. The first kappa shape index (κ1) is 14.7. The largest absolute Gasteiger partial charge is 0.493 e. The maximum Gasteiger partial charge on any atom is 0.161 e. The van der Waals surface area contributed by atoms with Crippen LogP contribution in [0.4, 0.5) is 0 Å². The summed E-state index contributed by atoms with van der Waals surface area (Å²) in [7, 11) is -0.0821. The van der Waals surface area contributed by atoms with E-state index in [0.29, 0.717) is 11.5 Å². The van der Waals surface area contributed by atoms with Crippen molar-refractivity contribution in [3.05, 3.63) is 23.8 Å². The Morgan fingerprint density at radius 1 is 1.28 bits per heavy atom. The van der Waals surface area contributed by atoms with E-state index in [2.05, 4.69) is 5.43 Å². The van der Waals surface area contributed by atoms with Crippen LogP contribution >= 0.6 is 0 Å². The van der Waals surface area contributed by atoms with Crippen molar-refractivity contribution in [1.29, 1.82) is 0 Å². The van der Waals surface area contributed by atoms with Gasteiger partial charge in [-0.25, -0.2) is 8.42 Å². The fourth-order valence-electron chi connectivity index (χ4n) is 1.61. The summed E-state index contributed by atoms with van der Waals surface area (Å²) in [4.78, 5) is 0. The molecule has 0 saturated heterocycles. The molecule has 0 aromatic heterocycles. The smallest absolute Gasteiger partial charge is 0.161 e. The SMILES string of the molecule is COc1ccc(C(CS(C)(=O)=O)NN)cc1OC. The van der Waals surface area contributed by atoms with E-state index in [1.807, 2.05) is 0 Å². The molecule has 0 heterocycles. The standard InChI is InChI=1S/C11H18N2O4S/c1-16-10-5-4-8(6-11(10)17-2)9(13-12)7-18(3,14)15/h4-6,9,13H,7,12H2,1-3H3. The first-order valence-corrected chi connectivity index (χ1v) is 7.33. The number of nitrogens with one attached hydrogen (secondary N) is 1. The Bertz CT molecular complexity index is 502. The van der Waals surface area contributed by atoms with Gasteiger partial charge in [-0.3, -0.25) is 11.3 Å². The average molecular weight is 274 g/mol. The summed E-state index contributed by atoms with van der Waals surface area (Å²) < 4.78 is 32.9. The Labute approximate surface area is 107 Å². The summed E-state index contributed by atoms with van der Waals surface area (Å²) in [6.07, 6.45) is 1.16. The molecule has 0 amide bonds. The third-order valence-corrected chi connectivity index (χ3v) is 3.42. The van der Waals surface area contributed by atoms with Crippen LogP contribution in [0.1, 0.15) is 11.6 Å². The van der Waals surface area contributed by atoms with Gasteiger partial charge >= 0.3 is 0 Å². The van der Waals surface area contributed by atoms with E-state index in [1.165, 1.54) is 14.2 Å². The van der Waals surface area contributed by atoms with Crippen LogP contribution in [0.15, 0.2) is 18.2 Å². The fraction of sp³-hybridized carbons (Fsp3) is 0.455. The quantitative estimate of drug-likeness (QED) is 0.571. The molecule has 1 aromatic rings. The molecule has 18 heavy (non-hydrogen) atoms. The van der Waals surface area contributed by atoms with Gasteiger partial charge in [-0.05, 0) is 17.7 Å².